The van der Waals surface area contributed by atoms with Crippen LogP contribution in [0.4, 0.5) is 0 Å². The lowest BCUT2D eigenvalue weighted by molar-refractivity contribution is -0.139. The molecule has 1 aromatic rings. The van der Waals surface area contributed by atoms with E-state index in [-0.39, 0.29) is 18.4 Å². The van der Waals surface area contributed by atoms with Crippen molar-refractivity contribution in [2.45, 2.75) is 26.3 Å². The second kappa shape index (κ2) is 7.11. The number of carbonyl (C=O) groups excluding carboxylic acids is 2. The molecule has 0 unspecified atom stereocenters. The van der Waals surface area contributed by atoms with Gasteiger partial charge in [-0.25, -0.2) is 0 Å². The standard InChI is InChI=1S/C16H22N2O3/c1-13(19)18(12-16(20)17-9-5-6-10-17)11-14-7-3-4-8-15(14)21-2/h3-4,7-8H,5-6,9-12H2,1-2H3. The van der Waals surface area contributed by atoms with Crippen molar-refractivity contribution in [3.63, 3.8) is 0 Å². The highest BCUT2D eigenvalue weighted by atomic mass is 16.5. The Morgan fingerprint density at radius 2 is 1.90 bits per heavy atom. The van der Waals surface area contributed by atoms with E-state index in [2.05, 4.69) is 0 Å². The first kappa shape index (κ1) is 15.4. The highest BCUT2D eigenvalue weighted by Crippen LogP contribution is 2.19. The highest BCUT2D eigenvalue weighted by Gasteiger charge is 2.22. The monoisotopic (exact) mass is 290 g/mol. The fraction of sp³-hybridized carbons (Fsp3) is 0.500. The molecule has 114 valence electrons. The van der Waals surface area contributed by atoms with E-state index in [4.69, 9.17) is 4.74 Å². The number of amides is 2. The van der Waals surface area contributed by atoms with E-state index in [0.29, 0.717) is 6.54 Å². The molecule has 0 saturated carbocycles. The van der Waals surface area contributed by atoms with Gasteiger partial charge in [0, 0.05) is 32.1 Å². The van der Waals surface area contributed by atoms with E-state index in [9.17, 15) is 9.59 Å². The van der Waals surface area contributed by atoms with Crippen LogP contribution in [0.3, 0.4) is 0 Å². The van der Waals surface area contributed by atoms with Gasteiger partial charge in [0.1, 0.15) is 12.3 Å². The molecule has 0 atom stereocenters. The molecule has 5 heteroatoms. The third kappa shape index (κ3) is 3.97. The van der Waals surface area contributed by atoms with Gasteiger partial charge in [-0.1, -0.05) is 18.2 Å². The van der Waals surface area contributed by atoms with Crippen molar-refractivity contribution in [3.8, 4) is 5.75 Å². The Morgan fingerprint density at radius 3 is 2.52 bits per heavy atom. The summed E-state index contributed by atoms with van der Waals surface area (Å²) in [4.78, 5) is 27.4. The largest absolute Gasteiger partial charge is 0.496 e. The zero-order chi connectivity index (χ0) is 15.2. The minimum Gasteiger partial charge on any atom is -0.496 e. The van der Waals surface area contributed by atoms with Gasteiger partial charge >= 0.3 is 0 Å². The molecular weight excluding hydrogens is 268 g/mol. The number of carbonyl (C=O) groups is 2. The molecule has 2 amide bonds. The molecule has 1 saturated heterocycles. The third-order valence-corrected chi connectivity index (χ3v) is 3.78. The predicted octanol–water partition coefficient (Wildman–Crippen LogP) is 1.67. The molecule has 0 bridgehead atoms. The van der Waals surface area contributed by atoms with Crippen molar-refractivity contribution < 1.29 is 14.3 Å². The van der Waals surface area contributed by atoms with Gasteiger partial charge in [-0.05, 0) is 18.9 Å². The van der Waals surface area contributed by atoms with Crippen LogP contribution in [0.1, 0.15) is 25.3 Å². The first-order valence-electron chi connectivity index (χ1n) is 7.27. The van der Waals surface area contributed by atoms with Crippen LogP contribution in [0.2, 0.25) is 0 Å². The first-order valence-corrected chi connectivity index (χ1v) is 7.27. The van der Waals surface area contributed by atoms with Crippen LogP contribution in [0.25, 0.3) is 0 Å². The number of para-hydroxylation sites is 1. The SMILES string of the molecule is COc1ccccc1CN(CC(=O)N1CCCC1)C(C)=O. The van der Waals surface area contributed by atoms with Gasteiger partial charge in [0.25, 0.3) is 0 Å². The summed E-state index contributed by atoms with van der Waals surface area (Å²) in [5.74, 6) is 0.656. The Labute approximate surface area is 125 Å². The van der Waals surface area contributed by atoms with Crippen molar-refractivity contribution in [3.05, 3.63) is 29.8 Å². The van der Waals surface area contributed by atoms with Crippen LogP contribution in [-0.4, -0.2) is 48.4 Å². The third-order valence-electron chi connectivity index (χ3n) is 3.78. The van der Waals surface area contributed by atoms with Gasteiger partial charge in [0.2, 0.25) is 11.8 Å². The Balaban J connectivity index is 2.05. The average Bonchev–Trinajstić information content (AvgIpc) is 3.01. The number of likely N-dealkylation sites (tertiary alicyclic amines) is 1. The molecule has 1 fully saturated rings. The molecule has 1 heterocycles. The van der Waals surface area contributed by atoms with E-state index >= 15 is 0 Å². The Hall–Kier alpha value is -2.04. The summed E-state index contributed by atoms with van der Waals surface area (Å²) < 4.78 is 5.30. The fourth-order valence-corrected chi connectivity index (χ4v) is 2.55. The van der Waals surface area contributed by atoms with Crippen molar-refractivity contribution in [2.75, 3.05) is 26.7 Å². The van der Waals surface area contributed by atoms with E-state index in [1.807, 2.05) is 29.2 Å². The number of benzene rings is 1. The summed E-state index contributed by atoms with van der Waals surface area (Å²) in [6.45, 7) is 3.62. The molecule has 0 N–H and O–H groups in total. The van der Waals surface area contributed by atoms with Crippen molar-refractivity contribution in [2.24, 2.45) is 0 Å². The molecule has 2 rings (SSSR count). The quantitative estimate of drug-likeness (QED) is 0.829. The van der Waals surface area contributed by atoms with Crippen LogP contribution < -0.4 is 4.74 Å². The van der Waals surface area contributed by atoms with Crippen LogP contribution >= 0.6 is 0 Å². The normalized spacial score (nSPS) is 14.1. The number of rotatable bonds is 5. The average molecular weight is 290 g/mol. The van der Waals surface area contributed by atoms with Crippen molar-refractivity contribution >= 4 is 11.8 Å². The molecular formula is C16H22N2O3. The summed E-state index contributed by atoms with van der Waals surface area (Å²) in [6, 6.07) is 7.55. The van der Waals surface area contributed by atoms with Gasteiger partial charge in [-0.3, -0.25) is 9.59 Å². The molecule has 0 aliphatic carbocycles. The molecule has 0 aromatic heterocycles. The molecule has 1 aliphatic rings. The lowest BCUT2D eigenvalue weighted by Crippen LogP contribution is -2.40. The molecule has 0 spiro atoms. The second-order valence-corrected chi connectivity index (χ2v) is 5.27. The molecule has 5 nitrogen and oxygen atoms in total. The van der Waals surface area contributed by atoms with Gasteiger partial charge in [-0.2, -0.15) is 0 Å². The van der Waals surface area contributed by atoms with E-state index in [1.54, 1.807) is 12.0 Å². The maximum atomic E-state index is 12.2. The molecule has 0 radical (unpaired) electrons. The number of ether oxygens (including phenoxy) is 1. The van der Waals surface area contributed by atoms with Gasteiger partial charge in [0.05, 0.1) is 7.11 Å². The van der Waals surface area contributed by atoms with E-state index in [0.717, 1.165) is 37.2 Å². The molecule has 1 aromatic carbocycles. The van der Waals surface area contributed by atoms with Crippen LogP contribution in [0, 0.1) is 0 Å². The zero-order valence-electron chi connectivity index (χ0n) is 12.7. The van der Waals surface area contributed by atoms with Gasteiger partial charge < -0.3 is 14.5 Å². The van der Waals surface area contributed by atoms with Crippen LogP contribution in [0.15, 0.2) is 24.3 Å². The van der Waals surface area contributed by atoms with Gasteiger partial charge in [0.15, 0.2) is 0 Å². The number of methoxy groups -OCH3 is 1. The van der Waals surface area contributed by atoms with Gasteiger partial charge in [-0.15, -0.1) is 0 Å². The van der Waals surface area contributed by atoms with Crippen LogP contribution in [0.5, 0.6) is 5.75 Å². The predicted molar refractivity (Wildman–Crippen MR) is 79.9 cm³/mol. The topological polar surface area (TPSA) is 49.9 Å². The number of nitrogens with zero attached hydrogens (tertiary/aromatic N) is 2. The summed E-state index contributed by atoms with van der Waals surface area (Å²) in [5, 5.41) is 0. The molecule has 21 heavy (non-hydrogen) atoms. The number of hydrogen-bond acceptors (Lipinski definition) is 3. The van der Waals surface area contributed by atoms with E-state index < -0.39 is 0 Å². The number of hydrogen-bond donors (Lipinski definition) is 0. The fourth-order valence-electron chi connectivity index (χ4n) is 2.55. The highest BCUT2D eigenvalue weighted by molar-refractivity contribution is 5.84. The maximum Gasteiger partial charge on any atom is 0.242 e. The Morgan fingerprint density at radius 1 is 1.24 bits per heavy atom. The van der Waals surface area contributed by atoms with E-state index in [1.165, 1.54) is 6.92 Å². The molecule has 1 aliphatic heterocycles. The van der Waals surface area contributed by atoms with Crippen molar-refractivity contribution in [1.29, 1.82) is 0 Å². The van der Waals surface area contributed by atoms with Crippen molar-refractivity contribution in [1.82, 2.24) is 9.80 Å². The second-order valence-electron chi connectivity index (χ2n) is 5.27. The summed E-state index contributed by atoms with van der Waals surface area (Å²) in [5.41, 5.74) is 0.907. The first-order chi connectivity index (χ1) is 10.1. The maximum absolute atomic E-state index is 12.2. The Bertz CT molecular complexity index is 510. The lowest BCUT2D eigenvalue weighted by atomic mass is 10.2. The smallest absolute Gasteiger partial charge is 0.242 e. The summed E-state index contributed by atoms with van der Waals surface area (Å²) >= 11 is 0. The summed E-state index contributed by atoms with van der Waals surface area (Å²) in [7, 11) is 1.60. The lowest BCUT2D eigenvalue weighted by Gasteiger charge is -2.24. The minimum atomic E-state index is -0.103. The zero-order valence-corrected chi connectivity index (χ0v) is 12.7. The Kier molecular flexibility index (Phi) is 5.20. The minimum absolute atomic E-state index is 0.0256. The van der Waals surface area contributed by atoms with Crippen LogP contribution in [-0.2, 0) is 16.1 Å². The summed E-state index contributed by atoms with van der Waals surface area (Å²) in [6.07, 6.45) is 2.11.